The second-order valence-electron chi connectivity index (χ2n) is 5.43. The van der Waals surface area contributed by atoms with E-state index in [4.69, 9.17) is 0 Å². The first kappa shape index (κ1) is 16.0. The molecule has 0 saturated heterocycles. The molecule has 0 aliphatic heterocycles. The minimum Gasteiger partial charge on any atom is -0.316 e. The lowest BCUT2D eigenvalue weighted by molar-refractivity contribution is 0.553. The molecule has 0 fully saturated rings. The lowest BCUT2D eigenvalue weighted by Crippen LogP contribution is -2.22. The van der Waals surface area contributed by atoms with Crippen molar-refractivity contribution in [2.75, 3.05) is 13.1 Å². The van der Waals surface area contributed by atoms with Gasteiger partial charge in [0.1, 0.15) is 16.6 Å². The number of rotatable bonds is 6. The lowest BCUT2D eigenvalue weighted by Gasteiger charge is -2.05. The summed E-state index contributed by atoms with van der Waals surface area (Å²) >= 11 is 1.35. The van der Waals surface area contributed by atoms with E-state index in [0.717, 1.165) is 30.6 Å². The van der Waals surface area contributed by atoms with Crippen LogP contribution in [0.2, 0.25) is 0 Å². The van der Waals surface area contributed by atoms with Crippen molar-refractivity contribution in [1.82, 2.24) is 15.5 Å². The van der Waals surface area contributed by atoms with Gasteiger partial charge in [0.05, 0.1) is 0 Å². The van der Waals surface area contributed by atoms with E-state index in [1.807, 2.05) is 0 Å². The molecule has 2 aromatic rings. The van der Waals surface area contributed by atoms with E-state index in [1.165, 1.54) is 17.4 Å². The van der Waals surface area contributed by atoms with E-state index >= 15 is 0 Å². The zero-order chi connectivity index (χ0) is 15.4. The molecule has 0 amide bonds. The van der Waals surface area contributed by atoms with Gasteiger partial charge in [-0.2, -0.15) is 0 Å². The fraction of sp³-hybridized carbons (Fsp3) is 0.467. The molecular formula is C15H19F2N3S. The van der Waals surface area contributed by atoms with Crippen LogP contribution in [-0.2, 0) is 6.42 Å². The van der Waals surface area contributed by atoms with E-state index in [9.17, 15) is 8.78 Å². The first-order valence-electron chi connectivity index (χ1n) is 6.96. The molecule has 0 atom stereocenters. The average molecular weight is 311 g/mol. The van der Waals surface area contributed by atoms with Crippen molar-refractivity contribution < 1.29 is 8.78 Å². The average Bonchev–Trinajstić information content (AvgIpc) is 2.87. The largest absolute Gasteiger partial charge is 0.316 e. The zero-order valence-corrected chi connectivity index (χ0v) is 13.2. The van der Waals surface area contributed by atoms with Crippen molar-refractivity contribution in [3.8, 4) is 10.6 Å². The Morgan fingerprint density at radius 2 is 1.95 bits per heavy atom. The summed E-state index contributed by atoms with van der Waals surface area (Å²) < 4.78 is 27.1. The summed E-state index contributed by atoms with van der Waals surface area (Å²) in [5.41, 5.74) is 0.717. The van der Waals surface area contributed by atoms with E-state index in [2.05, 4.69) is 29.4 Å². The van der Waals surface area contributed by atoms with Gasteiger partial charge in [-0.3, -0.25) is 0 Å². The highest BCUT2D eigenvalue weighted by molar-refractivity contribution is 7.14. The summed E-state index contributed by atoms with van der Waals surface area (Å²) in [6, 6.07) is 2.38. The monoisotopic (exact) mass is 311 g/mol. The third-order valence-corrected chi connectivity index (χ3v) is 4.03. The summed E-state index contributed by atoms with van der Waals surface area (Å²) in [5.74, 6) is -0.538. The van der Waals surface area contributed by atoms with Gasteiger partial charge in [0, 0.05) is 24.6 Å². The maximum absolute atomic E-state index is 13.8. The highest BCUT2D eigenvalue weighted by Gasteiger charge is 2.13. The second-order valence-corrected chi connectivity index (χ2v) is 6.49. The number of hydrogen-bond acceptors (Lipinski definition) is 4. The number of nitrogens with one attached hydrogen (secondary N) is 1. The number of nitrogens with zero attached hydrogens (tertiary/aromatic N) is 2. The molecule has 1 aromatic heterocycles. The second kappa shape index (κ2) is 7.04. The van der Waals surface area contributed by atoms with Crippen molar-refractivity contribution >= 4 is 11.3 Å². The molecule has 0 saturated carbocycles. The third kappa shape index (κ3) is 4.28. The van der Waals surface area contributed by atoms with Crippen molar-refractivity contribution in [3.05, 3.63) is 34.3 Å². The molecule has 3 nitrogen and oxygen atoms in total. The van der Waals surface area contributed by atoms with Crippen LogP contribution >= 0.6 is 11.3 Å². The first-order chi connectivity index (χ1) is 9.97. The summed E-state index contributed by atoms with van der Waals surface area (Å²) in [6.45, 7) is 7.68. The lowest BCUT2D eigenvalue weighted by atomic mass is 10.1. The van der Waals surface area contributed by atoms with Crippen LogP contribution in [0.4, 0.5) is 8.78 Å². The molecule has 2 rings (SSSR count). The third-order valence-electron chi connectivity index (χ3n) is 3.01. The molecule has 0 aliphatic carbocycles. The Balaban J connectivity index is 2.04. The maximum Gasteiger partial charge on any atom is 0.150 e. The molecule has 0 unspecified atom stereocenters. The Kier molecular flexibility index (Phi) is 5.36. The van der Waals surface area contributed by atoms with Gasteiger partial charge < -0.3 is 5.32 Å². The molecule has 0 spiro atoms. The maximum atomic E-state index is 13.8. The van der Waals surface area contributed by atoms with Gasteiger partial charge in [-0.05, 0) is 31.0 Å². The SMILES string of the molecule is Cc1cc(-c2nnc(CCNCC(C)C)s2)c(F)cc1F. The van der Waals surface area contributed by atoms with Gasteiger partial charge in [0.25, 0.3) is 0 Å². The number of aromatic nitrogens is 2. The van der Waals surface area contributed by atoms with Crippen LogP contribution in [0, 0.1) is 24.5 Å². The predicted octanol–water partition coefficient (Wildman–Crippen LogP) is 3.58. The van der Waals surface area contributed by atoms with Crippen molar-refractivity contribution in [2.24, 2.45) is 5.92 Å². The number of hydrogen-bond donors (Lipinski definition) is 1. The van der Waals surface area contributed by atoms with Gasteiger partial charge in [-0.15, -0.1) is 10.2 Å². The van der Waals surface area contributed by atoms with Crippen molar-refractivity contribution in [3.63, 3.8) is 0 Å². The highest BCUT2D eigenvalue weighted by atomic mass is 32.1. The van der Waals surface area contributed by atoms with Crippen LogP contribution < -0.4 is 5.32 Å². The molecule has 0 bridgehead atoms. The molecule has 1 aromatic carbocycles. The number of aryl methyl sites for hydroxylation is 1. The molecule has 21 heavy (non-hydrogen) atoms. The Hall–Kier alpha value is -1.40. The van der Waals surface area contributed by atoms with E-state index in [1.54, 1.807) is 6.92 Å². The Bertz CT molecular complexity index is 611. The molecule has 0 radical (unpaired) electrons. The Labute approximate surface area is 127 Å². The summed E-state index contributed by atoms with van der Waals surface area (Å²) in [7, 11) is 0. The first-order valence-corrected chi connectivity index (χ1v) is 7.78. The van der Waals surface area contributed by atoms with E-state index < -0.39 is 11.6 Å². The van der Waals surface area contributed by atoms with Gasteiger partial charge in [-0.1, -0.05) is 25.2 Å². The van der Waals surface area contributed by atoms with Crippen LogP contribution in [0.1, 0.15) is 24.4 Å². The van der Waals surface area contributed by atoms with Gasteiger partial charge >= 0.3 is 0 Å². The summed E-state index contributed by atoms with van der Waals surface area (Å²) in [5, 5.41) is 12.8. The zero-order valence-electron chi connectivity index (χ0n) is 12.4. The molecule has 0 aliphatic rings. The van der Waals surface area contributed by atoms with Gasteiger partial charge in [0.2, 0.25) is 0 Å². The quantitative estimate of drug-likeness (QED) is 0.829. The fourth-order valence-electron chi connectivity index (χ4n) is 1.87. The predicted molar refractivity (Wildman–Crippen MR) is 81.4 cm³/mol. The Morgan fingerprint density at radius 1 is 1.19 bits per heavy atom. The summed E-state index contributed by atoms with van der Waals surface area (Å²) in [6.07, 6.45) is 0.756. The van der Waals surface area contributed by atoms with Crippen molar-refractivity contribution in [2.45, 2.75) is 27.2 Å². The normalized spacial score (nSPS) is 11.3. The summed E-state index contributed by atoms with van der Waals surface area (Å²) in [4.78, 5) is 0. The molecule has 114 valence electrons. The van der Waals surface area contributed by atoms with Crippen LogP contribution in [0.5, 0.6) is 0 Å². The fourth-order valence-corrected chi connectivity index (χ4v) is 2.73. The topological polar surface area (TPSA) is 37.8 Å². The minimum atomic E-state index is -0.598. The van der Waals surface area contributed by atoms with Gasteiger partial charge in [0.15, 0.2) is 5.01 Å². The standard InChI is InChI=1S/C15H19F2N3S/c1-9(2)8-18-5-4-14-19-20-15(21-14)11-6-10(3)12(16)7-13(11)17/h6-7,9,18H,4-5,8H2,1-3H3. The molecule has 6 heteroatoms. The van der Waals surface area contributed by atoms with Crippen molar-refractivity contribution in [1.29, 1.82) is 0 Å². The number of benzene rings is 1. The van der Waals surface area contributed by atoms with Crippen LogP contribution in [0.15, 0.2) is 12.1 Å². The van der Waals surface area contributed by atoms with Crippen LogP contribution in [-0.4, -0.2) is 23.3 Å². The smallest absolute Gasteiger partial charge is 0.150 e. The molecular weight excluding hydrogens is 292 g/mol. The highest BCUT2D eigenvalue weighted by Crippen LogP contribution is 2.28. The van der Waals surface area contributed by atoms with Gasteiger partial charge in [-0.25, -0.2) is 8.78 Å². The van der Waals surface area contributed by atoms with Crippen LogP contribution in [0.3, 0.4) is 0 Å². The number of halogens is 2. The van der Waals surface area contributed by atoms with E-state index in [-0.39, 0.29) is 0 Å². The van der Waals surface area contributed by atoms with E-state index in [0.29, 0.717) is 22.1 Å². The van der Waals surface area contributed by atoms with Crippen LogP contribution in [0.25, 0.3) is 10.6 Å². The Morgan fingerprint density at radius 3 is 2.67 bits per heavy atom. The molecule has 1 heterocycles. The minimum absolute atomic E-state index is 0.313. The molecule has 1 N–H and O–H groups in total.